The standard InChI is InChI=1S/C30H34N4O3/c1-19-18-31-34-26(23-10-7-8-11-24(23)36-6)25(32-27(34)20(19)2)21-12-14-22(15-13-21)30(16-9-17-30)33-28(35)37-29(3,4)5/h7-8,10-15,18H,9,16-17H2,1-6H3,(H,33,35). The number of hydrogen-bond donors (Lipinski definition) is 1. The van der Waals surface area contributed by atoms with E-state index in [2.05, 4.69) is 36.5 Å². The van der Waals surface area contributed by atoms with Crippen LogP contribution in [-0.4, -0.2) is 33.4 Å². The largest absolute Gasteiger partial charge is 0.496 e. The maximum atomic E-state index is 12.6. The number of benzene rings is 2. The zero-order valence-electron chi connectivity index (χ0n) is 22.4. The summed E-state index contributed by atoms with van der Waals surface area (Å²) in [6.45, 7) is 9.74. The number of alkyl carbamates (subject to hydrolysis) is 1. The van der Waals surface area contributed by atoms with E-state index in [4.69, 9.17) is 19.6 Å². The molecular formula is C30H34N4O3. The zero-order chi connectivity index (χ0) is 26.4. The Bertz CT molecular complexity index is 1460. The van der Waals surface area contributed by atoms with Crippen molar-refractivity contribution in [2.45, 2.75) is 65.0 Å². The molecule has 192 valence electrons. The molecule has 0 atom stereocenters. The van der Waals surface area contributed by atoms with Gasteiger partial charge < -0.3 is 14.8 Å². The predicted octanol–water partition coefficient (Wildman–Crippen LogP) is 6.59. The molecule has 7 heteroatoms. The van der Waals surface area contributed by atoms with E-state index in [0.717, 1.165) is 69.9 Å². The summed E-state index contributed by atoms with van der Waals surface area (Å²) < 4.78 is 13.1. The molecule has 5 rings (SSSR count). The van der Waals surface area contributed by atoms with Crippen LogP contribution < -0.4 is 10.1 Å². The molecule has 0 bridgehead atoms. The number of hydrogen-bond acceptors (Lipinski definition) is 5. The molecule has 2 heterocycles. The van der Waals surface area contributed by atoms with Gasteiger partial charge in [-0.3, -0.25) is 0 Å². The van der Waals surface area contributed by atoms with Crippen LogP contribution >= 0.6 is 0 Å². The van der Waals surface area contributed by atoms with Crippen molar-refractivity contribution in [3.63, 3.8) is 0 Å². The highest BCUT2D eigenvalue weighted by molar-refractivity contribution is 5.85. The first-order chi connectivity index (χ1) is 17.6. The van der Waals surface area contributed by atoms with E-state index in [0.29, 0.717) is 0 Å². The minimum atomic E-state index is -0.540. The van der Waals surface area contributed by atoms with Crippen LogP contribution in [0.2, 0.25) is 0 Å². The van der Waals surface area contributed by atoms with Gasteiger partial charge in [0, 0.05) is 11.1 Å². The molecule has 1 fully saturated rings. The number of ether oxygens (including phenoxy) is 2. The number of nitrogens with zero attached hydrogens (tertiary/aromatic N) is 3. The lowest BCUT2D eigenvalue weighted by molar-refractivity contribution is 0.0377. The summed E-state index contributed by atoms with van der Waals surface area (Å²) in [6.07, 6.45) is 4.32. The SMILES string of the molecule is COc1ccccc1-c1c(-c2ccc(C3(NC(=O)OC(C)(C)C)CCC3)cc2)nc2c(C)c(C)cnn12. The van der Waals surface area contributed by atoms with Crippen molar-refractivity contribution in [1.29, 1.82) is 0 Å². The van der Waals surface area contributed by atoms with Crippen molar-refractivity contribution in [3.8, 4) is 28.3 Å². The smallest absolute Gasteiger partial charge is 0.408 e. The lowest BCUT2D eigenvalue weighted by atomic mass is 9.71. The molecule has 37 heavy (non-hydrogen) atoms. The molecule has 2 aromatic heterocycles. The maximum Gasteiger partial charge on any atom is 0.408 e. The Balaban J connectivity index is 1.58. The third-order valence-electron chi connectivity index (χ3n) is 7.17. The number of fused-ring (bicyclic) bond motifs is 1. The third-order valence-corrected chi connectivity index (χ3v) is 7.17. The first-order valence-corrected chi connectivity index (χ1v) is 12.7. The van der Waals surface area contributed by atoms with Crippen LogP contribution in [0.25, 0.3) is 28.2 Å². The second kappa shape index (κ2) is 9.21. The van der Waals surface area contributed by atoms with Crippen molar-refractivity contribution in [2.24, 2.45) is 0 Å². The summed E-state index contributed by atoms with van der Waals surface area (Å²) in [7, 11) is 1.68. The summed E-state index contributed by atoms with van der Waals surface area (Å²) >= 11 is 0. The molecule has 1 saturated carbocycles. The highest BCUT2D eigenvalue weighted by atomic mass is 16.6. The van der Waals surface area contributed by atoms with E-state index in [9.17, 15) is 4.79 Å². The molecule has 4 aromatic rings. The van der Waals surface area contributed by atoms with Gasteiger partial charge in [0.25, 0.3) is 0 Å². The van der Waals surface area contributed by atoms with Crippen molar-refractivity contribution >= 4 is 11.7 Å². The predicted molar refractivity (Wildman–Crippen MR) is 145 cm³/mol. The van der Waals surface area contributed by atoms with Gasteiger partial charge in [0.05, 0.1) is 24.5 Å². The Kier molecular flexibility index (Phi) is 6.18. The molecule has 1 aliphatic rings. The molecule has 0 unspecified atom stereocenters. The Hall–Kier alpha value is -3.87. The van der Waals surface area contributed by atoms with Crippen LogP contribution in [0.1, 0.15) is 56.7 Å². The Morgan fingerprint density at radius 1 is 1.05 bits per heavy atom. The summed E-state index contributed by atoms with van der Waals surface area (Å²) in [6, 6.07) is 16.3. The van der Waals surface area contributed by atoms with Crippen molar-refractivity contribution in [2.75, 3.05) is 7.11 Å². The molecule has 1 N–H and O–H groups in total. The van der Waals surface area contributed by atoms with E-state index in [-0.39, 0.29) is 6.09 Å². The Labute approximate surface area is 217 Å². The summed E-state index contributed by atoms with van der Waals surface area (Å²) in [4.78, 5) is 17.6. The second-order valence-electron chi connectivity index (χ2n) is 10.8. The molecule has 2 aromatic carbocycles. The van der Waals surface area contributed by atoms with Crippen molar-refractivity contribution < 1.29 is 14.3 Å². The molecule has 7 nitrogen and oxygen atoms in total. The van der Waals surface area contributed by atoms with E-state index < -0.39 is 11.1 Å². The number of imidazole rings is 1. The monoisotopic (exact) mass is 498 g/mol. The maximum absolute atomic E-state index is 12.6. The number of carbonyl (C=O) groups is 1. The van der Waals surface area contributed by atoms with Gasteiger partial charge in [0.15, 0.2) is 5.65 Å². The molecule has 0 saturated heterocycles. The van der Waals surface area contributed by atoms with Crippen LogP contribution in [-0.2, 0) is 10.3 Å². The number of carbonyl (C=O) groups excluding carboxylic acids is 1. The Morgan fingerprint density at radius 2 is 1.76 bits per heavy atom. The lowest BCUT2D eigenvalue weighted by Gasteiger charge is -2.43. The van der Waals surface area contributed by atoms with Gasteiger partial charge in [0.2, 0.25) is 0 Å². The number of methoxy groups -OCH3 is 1. The van der Waals surface area contributed by atoms with E-state index >= 15 is 0 Å². The third kappa shape index (κ3) is 4.54. The highest BCUT2D eigenvalue weighted by Gasteiger charge is 2.41. The van der Waals surface area contributed by atoms with Gasteiger partial charge in [-0.05, 0) is 82.7 Å². The van der Waals surface area contributed by atoms with Crippen LogP contribution in [0, 0.1) is 13.8 Å². The van der Waals surface area contributed by atoms with Crippen LogP contribution in [0.4, 0.5) is 4.79 Å². The van der Waals surface area contributed by atoms with Crippen LogP contribution in [0.3, 0.4) is 0 Å². The van der Waals surface area contributed by atoms with Gasteiger partial charge in [-0.25, -0.2) is 14.3 Å². The van der Waals surface area contributed by atoms with Gasteiger partial charge >= 0.3 is 6.09 Å². The minimum absolute atomic E-state index is 0.382. The molecule has 0 spiro atoms. The van der Waals surface area contributed by atoms with Gasteiger partial charge in [0.1, 0.15) is 17.0 Å². The molecule has 0 aliphatic heterocycles. The number of rotatable bonds is 5. The second-order valence-corrected chi connectivity index (χ2v) is 10.8. The highest BCUT2D eigenvalue weighted by Crippen LogP contribution is 2.43. The fourth-order valence-electron chi connectivity index (χ4n) is 4.93. The number of amides is 1. The lowest BCUT2D eigenvalue weighted by Crippen LogP contribution is -2.52. The van der Waals surface area contributed by atoms with Crippen LogP contribution in [0.5, 0.6) is 5.75 Å². The first kappa shape index (κ1) is 24.8. The van der Waals surface area contributed by atoms with Crippen LogP contribution in [0.15, 0.2) is 54.7 Å². The van der Waals surface area contributed by atoms with E-state index in [1.54, 1.807) is 7.11 Å². The number of aryl methyl sites for hydroxylation is 2. The molecular weight excluding hydrogens is 464 g/mol. The average molecular weight is 499 g/mol. The number of aromatic nitrogens is 3. The van der Waals surface area contributed by atoms with Gasteiger partial charge in [-0.15, -0.1) is 0 Å². The van der Waals surface area contributed by atoms with Crippen molar-refractivity contribution in [1.82, 2.24) is 19.9 Å². The fraction of sp³-hybridized carbons (Fsp3) is 0.367. The quantitative estimate of drug-likeness (QED) is 0.336. The summed E-state index contributed by atoms with van der Waals surface area (Å²) in [5.41, 5.74) is 6.74. The van der Waals surface area contributed by atoms with Crippen molar-refractivity contribution in [3.05, 3.63) is 71.4 Å². The Morgan fingerprint density at radius 3 is 2.38 bits per heavy atom. The molecule has 0 radical (unpaired) electrons. The first-order valence-electron chi connectivity index (χ1n) is 12.7. The topological polar surface area (TPSA) is 77.8 Å². The van der Waals surface area contributed by atoms with E-state index in [1.807, 2.05) is 62.7 Å². The fourth-order valence-corrected chi connectivity index (χ4v) is 4.93. The minimum Gasteiger partial charge on any atom is -0.496 e. The average Bonchev–Trinajstić information content (AvgIpc) is 3.23. The molecule has 1 amide bonds. The molecule has 1 aliphatic carbocycles. The van der Waals surface area contributed by atoms with Gasteiger partial charge in [-0.2, -0.15) is 5.10 Å². The summed E-state index contributed by atoms with van der Waals surface area (Å²) in [5, 5.41) is 7.86. The zero-order valence-corrected chi connectivity index (χ0v) is 22.4. The number of nitrogens with one attached hydrogen (secondary N) is 1. The summed E-state index contributed by atoms with van der Waals surface area (Å²) in [5.74, 6) is 0.761. The van der Waals surface area contributed by atoms with Gasteiger partial charge in [-0.1, -0.05) is 36.4 Å². The normalized spacial score (nSPS) is 14.8. The number of para-hydroxylation sites is 1. The van der Waals surface area contributed by atoms with E-state index in [1.165, 1.54) is 0 Å².